The predicted octanol–water partition coefficient (Wildman–Crippen LogP) is 4.85. The van der Waals surface area contributed by atoms with Crippen LogP contribution in [0.1, 0.15) is 10.4 Å². The van der Waals surface area contributed by atoms with Crippen molar-refractivity contribution in [1.82, 2.24) is 0 Å². The monoisotopic (exact) mass is 328 g/mol. The summed E-state index contributed by atoms with van der Waals surface area (Å²) in [4.78, 5) is 10.6. The molecular weight excluding hydrogens is 322 g/mol. The molecule has 0 N–H and O–H groups in total. The lowest BCUT2D eigenvalue weighted by Crippen LogP contribution is -1.89. The van der Waals surface area contributed by atoms with Gasteiger partial charge >= 0.3 is 0 Å². The van der Waals surface area contributed by atoms with Crippen molar-refractivity contribution in [2.45, 2.75) is 0 Å². The van der Waals surface area contributed by atoms with Gasteiger partial charge in [0.2, 0.25) is 0 Å². The Hall–Kier alpha value is -1.39. The van der Waals surface area contributed by atoms with Crippen LogP contribution in [0.25, 0.3) is 0 Å². The van der Waals surface area contributed by atoms with Gasteiger partial charge in [-0.1, -0.05) is 11.6 Å². The first-order valence-electron chi connectivity index (χ1n) is 4.98. The second-order valence-corrected chi connectivity index (χ2v) is 4.74. The molecule has 2 nitrogen and oxygen atoms in total. The van der Waals surface area contributed by atoms with Crippen LogP contribution in [0.4, 0.5) is 4.39 Å². The number of aldehydes is 1. The van der Waals surface area contributed by atoms with Gasteiger partial charge in [0, 0.05) is 17.7 Å². The second-order valence-electron chi connectivity index (χ2n) is 3.48. The van der Waals surface area contributed by atoms with Crippen LogP contribution < -0.4 is 4.74 Å². The number of hydrogen-bond donors (Lipinski definition) is 0. The largest absolute Gasteiger partial charge is 0.456 e. The standard InChI is InChI=1S/C13H7BrClFO2/c14-11-4-2-9(16)5-13(11)18-10-3-1-8(7-17)12(15)6-10/h1-7H. The van der Waals surface area contributed by atoms with Gasteiger partial charge < -0.3 is 4.74 Å². The molecule has 0 aliphatic heterocycles. The van der Waals surface area contributed by atoms with Crippen LogP contribution in [-0.4, -0.2) is 6.29 Å². The highest BCUT2D eigenvalue weighted by Gasteiger charge is 2.06. The predicted molar refractivity (Wildman–Crippen MR) is 71.0 cm³/mol. The van der Waals surface area contributed by atoms with Crippen LogP contribution in [-0.2, 0) is 0 Å². The number of halogens is 3. The third-order valence-electron chi connectivity index (χ3n) is 2.22. The fourth-order valence-corrected chi connectivity index (χ4v) is 1.89. The van der Waals surface area contributed by atoms with E-state index >= 15 is 0 Å². The zero-order chi connectivity index (χ0) is 13.1. The molecule has 18 heavy (non-hydrogen) atoms. The number of ether oxygens (including phenoxy) is 1. The minimum absolute atomic E-state index is 0.287. The van der Waals surface area contributed by atoms with E-state index in [0.717, 1.165) is 0 Å². The van der Waals surface area contributed by atoms with Crippen LogP contribution in [0.2, 0.25) is 5.02 Å². The van der Waals surface area contributed by atoms with Gasteiger partial charge in [-0.05, 0) is 40.2 Å². The number of carbonyl (C=O) groups is 1. The normalized spacial score (nSPS) is 10.2. The molecule has 0 aromatic heterocycles. The molecule has 2 aromatic rings. The van der Waals surface area contributed by atoms with Gasteiger partial charge in [0.05, 0.1) is 9.50 Å². The maximum absolute atomic E-state index is 13.1. The van der Waals surface area contributed by atoms with Crippen LogP contribution in [0.3, 0.4) is 0 Å². The van der Waals surface area contributed by atoms with Gasteiger partial charge in [-0.2, -0.15) is 0 Å². The summed E-state index contributed by atoms with van der Waals surface area (Å²) in [6, 6.07) is 8.75. The van der Waals surface area contributed by atoms with E-state index in [1.54, 1.807) is 12.1 Å². The molecule has 0 spiro atoms. The van der Waals surface area contributed by atoms with E-state index in [1.807, 2.05) is 0 Å². The lowest BCUT2D eigenvalue weighted by atomic mass is 10.2. The van der Waals surface area contributed by atoms with E-state index in [4.69, 9.17) is 16.3 Å². The first-order valence-corrected chi connectivity index (χ1v) is 6.15. The van der Waals surface area contributed by atoms with Gasteiger partial charge in [0.25, 0.3) is 0 Å². The molecule has 0 fully saturated rings. The second kappa shape index (κ2) is 5.50. The van der Waals surface area contributed by atoms with E-state index in [1.165, 1.54) is 24.3 Å². The molecule has 0 atom stereocenters. The maximum Gasteiger partial charge on any atom is 0.151 e. The van der Waals surface area contributed by atoms with Crippen LogP contribution in [0, 0.1) is 5.82 Å². The zero-order valence-electron chi connectivity index (χ0n) is 8.99. The Kier molecular flexibility index (Phi) is 3.99. The van der Waals surface area contributed by atoms with Crippen molar-refractivity contribution in [3.05, 3.63) is 57.3 Å². The third kappa shape index (κ3) is 2.89. The first kappa shape index (κ1) is 13.1. The van der Waals surface area contributed by atoms with Crippen molar-refractivity contribution >= 4 is 33.8 Å². The third-order valence-corrected chi connectivity index (χ3v) is 3.20. The Labute approximate surface area is 116 Å². The molecule has 0 saturated heterocycles. The topological polar surface area (TPSA) is 26.3 Å². The Morgan fingerprint density at radius 3 is 2.67 bits per heavy atom. The average Bonchev–Trinajstić information content (AvgIpc) is 2.34. The molecular formula is C13H7BrClFO2. The van der Waals surface area contributed by atoms with E-state index in [0.29, 0.717) is 27.8 Å². The summed E-state index contributed by atoms with van der Waals surface area (Å²) in [6.07, 6.45) is 0.657. The summed E-state index contributed by atoms with van der Waals surface area (Å²) in [5, 5.41) is 0.287. The molecule has 0 unspecified atom stereocenters. The smallest absolute Gasteiger partial charge is 0.151 e. The van der Waals surface area contributed by atoms with Crippen LogP contribution in [0.15, 0.2) is 40.9 Å². The van der Waals surface area contributed by atoms with Gasteiger partial charge in [-0.25, -0.2) is 4.39 Å². The van der Waals surface area contributed by atoms with E-state index < -0.39 is 5.82 Å². The minimum atomic E-state index is -0.399. The highest BCUT2D eigenvalue weighted by molar-refractivity contribution is 9.10. The van der Waals surface area contributed by atoms with Gasteiger partial charge in [-0.15, -0.1) is 0 Å². The fourth-order valence-electron chi connectivity index (χ4n) is 1.35. The Bertz CT molecular complexity index is 602. The van der Waals surface area contributed by atoms with Crippen molar-refractivity contribution in [3.63, 3.8) is 0 Å². The van der Waals surface area contributed by atoms with E-state index in [9.17, 15) is 9.18 Å². The number of carbonyl (C=O) groups excluding carboxylic acids is 1. The van der Waals surface area contributed by atoms with Gasteiger partial charge in [-0.3, -0.25) is 4.79 Å². The summed E-state index contributed by atoms with van der Waals surface area (Å²) in [6.45, 7) is 0. The quantitative estimate of drug-likeness (QED) is 0.753. The molecule has 0 aliphatic carbocycles. The van der Waals surface area contributed by atoms with Crippen molar-refractivity contribution in [3.8, 4) is 11.5 Å². The average molecular weight is 330 g/mol. The molecule has 5 heteroatoms. The SMILES string of the molecule is O=Cc1ccc(Oc2cc(F)ccc2Br)cc1Cl. The van der Waals surface area contributed by atoms with Crippen molar-refractivity contribution in [2.75, 3.05) is 0 Å². The Balaban J connectivity index is 2.31. The summed E-state index contributed by atoms with van der Waals surface area (Å²) >= 11 is 9.12. The molecule has 92 valence electrons. The molecule has 0 amide bonds. The Morgan fingerprint density at radius 2 is 2.00 bits per heavy atom. The summed E-state index contributed by atoms with van der Waals surface area (Å²) in [5.41, 5.74) is 0.377. The van der Waals surface area contributed by atoms with Gasteiger partial charge in [0.1, 0.15) is 17.3 Å². The molecule has 0 radical (unpaired) electrons. The molecule has 2 aromatic carbocycles. The maximum atomic E-state index is 13.1. The highest BCUT2D eigenvalue weighted by atomic mass is 79.9. The fraction of sp³-hybridized carbons (Fsp3) is 0. The first-order chi connectivity index (χ1) is 8.60. The lowest BCUT2D eigenvalue weighted by molar-refractivity contribution is 0.112. The van der Waals surface area contributed by atoms with Crippen LogP contribution in [0.5, 0.6) is 11.5 Å². The van der Waals surface area contributed by atoms with E-state index in [2.05, 4.69) is 15.9 Å². The number of rotatable bonds is 3. The summed E-state index contributed by atoms with van der Waals surface area (Å²) in [5.74, 6) is 0.366. The minimum Gasteiger partial charge on any atom is -0.456 e. The lowest BCUT2D eigenvalue weighted by Gasteiger charge is -2.08. The van der Waals surface area contributed by atoms with Crippen molar-refractivity contribution in [1.29, 1.82) is 0 Å². The zero-order valence-corrected chi connectivity index (χ0v) is 11.3. The molecule has 0 bridgehead atoms. The molecule has 0 saturated carbocycles. The van der Waals surface area contributed by atoms with Crippen molar-refractivity contribution < 1.29 is 13.9 Å². The highest BCUT2D eigenvalue weighted by Crippen LogP contribution is 2.31. The van der Waals surface area contributed by atoms with Crippen molar-refractivity contribution in [2.24, 2.45) is 0 Å². The number of benzene rings is 2. The molecule has 0 heterocycles. The Morgan fingerprint density at radius 1 is 1.22 bits per heavy atom. The summed E-state index contributed by atoms with van der Waals surface area (Å²) < 4.78 is 19.2. The molecule has 2 rings (SSSR count). The number of hydrogen-bond acceptors (Lipinski definition) is 2. The molecule has 0 aliphatic rings. The van der Waals surface area contributed by atoms with E-state index in [-0.39, 0.29) is 5.02 Å². The van der Waals surface area contributed by atoms with Crippen LogP contribution >= 0.6 is 27.5 Å². The van der Waals surface area contributed by atoms with Gasteiger partial charge in [0.15, 0.2) is 6.29 Å². The summed E-state index contributed by atoms with van der Waals surface area (Å²) in [7, 11) is 0.